The van der Waals surface area contributed by atoms with Crippen molar-refractivity contribution in [2.45, 2.75) is 13.8 Å². The predicted octanol–water partition coefficient (Wildman–Crippen LogP) is 2.72. The van der Waals surface area contributed by atoms with E-state index in [-0.39, 0.29) is 23.6 Å². The highest BCUT2D eigenvalue weighted by molar-refractivity contribution is 5.96. The van der Waals surface area contributed by atoms with Crippen molar-refractivity contribution in [2.24, 2.45) is 0 Å². The molecule has 23 heavy (non-hydrogen) atoms. The number of carboxylic acid groups (broad SMARTS) is 1. The number of carboxylic acids is 1. The van der Waals surface area contributed by atoms with E-state index in [1.165, 1.54) is 12.1 Å². The van der Waals surface area contributed by atoms with Crippen LogP contribution in [0.3, 0.4) is 0 Å². The third kappa shape index (κ3) is 4.23. The maximum Gasteiger partial charge on any atom is 0.339 e. The van der Waals surface area contributed by atoms with Crippen LogP contribution in [-0.4, -0.2) is 28.7 Å². The lowest BCUT2D eigenvalue weighted by atomic mass is 10.1. The Morgan fingerprint density at radius 3 is 2.57 bits per heavy atom. The molecule has 0 saturated heterocycles. The fourth-order valence-electron chi connectivity index (χ4n) is 2.07. The van der Waals surface area contributed by atoms with Gasteiger partial charge in [0.2, 0.25) is 0 Å². The molecule has 0 saturated carbocycles. The Hall–Kier alpha value is -3.02. The first kappa shape index (κ1) is 16.4. The molecule has 0 bridgehead atoms. The van der Waals surface area contributed by atoms with Gasteiger partial charge in [-0.05, 0) is 49.2 Å². The maximum absolute atomic E-state index is 11.9. The van der Waals surface area contributed by atoms with Gasteiger partial charge in [-0.15, -0.1) is 0 Å². The highest BCUT2D eigenvalue weighted by atomic mass is 16.5. The van der Waals surface area contributed by atoms with Crippen LogP contribution < -0.4 is 10.1 Å². The van der Waals surface area contributed by atoms with Crippen molar-refractivity contribution >= 4 is 17.6 Å². The van der Waals surface area contributed by atoms with Gasteiger partial charge in [0.25, 0.3) is 5.91 Å². The molecule has 6 heteroatoms. The van der Waals surface area contributed by atoms with Gasteiger partial charge in [0.1, 0.15) is 17.1 Å². The number of aromatic hydroxyl groups is 1. The second-order valence-electron chi connectivity index (χ2n) is 5.15. The van der Waals surface area contributed by atoms with E-state index >= 15 is 0 Å². The zero-order chi connectivity index (χ0) is 17.0. The summed E-state index contributed by atoms with van der Waals surface area (Å²) in [5, 5.41) is 21.3. The first-order chi connectivity index (χ1) is 10.9. The van der Waals surface area contributed by atoms with Crippen molar-refractivity contribution < 1.29 is 24.5 Å². The Kier molecular flexibility index (Phi) is 4.85. The van der Waals surface area contributed by atoms with Gasteiger partial charge in [0.05, 0.1) is 0 Å². The zero-order valence-electron chi connectivity index (χ0n) is 12.8. The molecule has 2 aromatic carbocycles. The van der Waals surface area contributed by atoms with Crippen LogP contribution in [0.2, 0.25) is 0 Å². The van der Waals surface area contributed by atoms with Gasteiger partial charge in [-0.2, -0.15) is 0 Å². The molecule has 0 atom stereocenters. The van der Waals surface area contributed by atoms with E-state index in [0.717, 1.165) is 5.56 Å². The number of carbonyl (C=O) groups is 2. The molecule has 3 N–H and O–H groups in total. The number of amides is 1. The molecule has 0 aromatic heterocycles. The van der Waals surface area contributed by atoms with Crippen LogP contribution in [0, 0.1) is 13.8 Å². The maximum atomic E-state index is 11.9. The van der Waals surface area contributed by atoms with E-state index < -0.39 is 11.9 Å². The van der Waals surface area contributed by atoms with Crippen LogP contribution in [0.5, 0.6) is 11.5 Å². The van der Waals surface area contributed by atoms with Gasteiger partial charge in [-0.3, -0.25) is 4.79 Å². The SMILES string of the molecule is Cc1cccc(OCC(=O)Nc2cc(C)c(O)c(C(=O)O)c2)c1. The fraction of sp³-hybridized carbons (Fsp3) is 0.176. The Labute approximate surface area is 133 Å². The zero-order valence-corrected chi connectivity index (χ0v) is 12.8. The van der Waals surface area contributed by atoms with Crippen LogP contribution in [0.15, 0.2) is 36.4 Å². The van der Waals surface area contributed by atoms with Crippen LogP contribution in [0.1, 0.15) is 21.5 Å². The smallest absolute Gasteiger partial charge is 0.339 e. The number of nitrogens with one attached hydrogen (secondary N) is 1. The number of hydrogen-bond acceptors (Lipinski definition) is 4. The van der Waals surface area contributed by atoms with Gasteiger partial charge in [0.15, 0.2) is 6.61 Å². The number of phenols is 1. The molecule has 120 valence electrons. The molecule has 2 aromatic rings. The number of hydrogen-bond donors (Lipinski definition) is 3. The lowest BCUT2D eigenvalue weighted by Crippen LogP contribution is -2.20. The van der Waals surface area contributed by atoms with Crippen LogP contribution in [0.4, 0.5) is 5.69 Å². The predicted molar refractivity (Wildman–Crippen MR) is 85.1 cm³/mol. The van der Waals surface area contributed by atoms with Crippen LogP contribution in [-0.2, 0) is 4.79 Å². The van der Waals surface area contributed by atoms with Crippen molar-refractivity contribution in [3.05, 3.63) is 53.1 Å². The minimum atomic E-state index is -1.27. The summed E-state index contributed by atoms with van der Waals surface area (Å²) in [7, 11) is 0. The topological polar surface area (TPSA) is 95.9 Å². The summed E-state index contributed by atoms with van der Waals surface area (Å²) in [4.78, 5) is 23.0. The number of ether oxygens (including phenoxy) is 1. The quantitative estimate of drug-likeness (QED) is 0.737. The molecular weight excluding hydrogens is 298 g/mol. The lowest BCUT2D eigenvalue weighted by Gasteiger charge is -2.10. The molecule has 0 aliphatic rings. The summed E-state index contributed by atoms with van der Waals surface area (Å²) in [6, 6.07) is 9.99. The average molecular weight is 315 g/mol. The van der Waals surface area contributed by atoms with Crippen molar-refractivity contribution in [3.63, 3.8) is 0 Å². The van der Waals surface area contributed by atoms with Crippen molar-refractivity contribution in [3.8, 4) is 11.5 Å². The number of rotatable bonds is 5. The molecular formula is C17H17NO5. The summed E-state index contributed by atoms with van der Waals surface area (Å²) in [6.45, 7) is 3.27. The second-order valence-corrected chi connectivity index (χ2v) is 5.15. The molecule has 6 nitrogen and oxygen atoms in total. The first-order valence-corrected chi connectivity index (χ1v) is 6.93. The van der Waals surface area contributed by atoms with Gasteiger partial charge in [-0.1, -0.05) is 12.1 Å². The van der Waals surface area contributed by atoms with Gasteiger partial charge < -0.3 is 20.3 Å². The monoisotopic (exact) mass is 315 g/mol. The molecule has 2 rings (SSSR count). The van der Waals surface area contributed by atoms with E-state index in [9.17, 15) is 14.7 Å². The third-order valence-electron chi connectivity index (χ3n) is 3.17. The minimum Gasteiger partial charge on any atom is -0.507 e. The first-order valence-electron chi connectivity index (χ1n) is 6.93. The Bertz CT molecular complexity index is 755. The Balaban J connectivity index is 2.04. The second kappa shape index (κ2) is 6.83. The van der Waals surface area contributed by atoms with E-state index in [1.54, 1.807) is 19.1 Å². The van der Waals surface area contributed by atoms with Crippen LogP contribution >= 0.6 is 0 Å². The number of aryl methyl sites for hydroxylation is 2. The largest absolute Gasteiger partial charge is 0.507 e. The molecule has 0 radical (unpaired) electrons. The number of anilines is 1. The standard InChI is InChI=1S/C17H17NO5/c1-10-4-3-5-13(6-10)23-9-15(19)18-12-7-11(2)16(20)14(8-12)17(21)22/h3-8,20H,9H2,1-2H3,(H,18,19)(H,21,22). The number of carbonyl (C=O) groups excluding carboxylic acids is 1. The normalized spacial score (nSPS) is 10.2. The van der Waals surface area contributed by atoms with Gasteiger partial charge >= 0.3 is 5.97 Å². The Morgan fingerprint density at radius 1 is 1.17 bits per heavy atom. The van der Waals surface area contributed by atoms with Gasteiger partial charge in [0, 0.05) is 5.69 Å². The fourth-order valence-corrected chi connectivity index (χ4v) is 2.07. The molecule has 1 amide bonds. The van der Waals surface area contributed by atoms with Crippen molar-refractivity contribution in [1.29, 1.82) is 0 Å². The molecule has 0 aliphatic carbocycles. The summed E-state index contributed by atoms with van der Waals surface area (Å²) in [5.74, 6) is -1.43. The van der Waals surface area contributed by atoms with E-state index in [2.05, 4.69) is 5.32 Å². The molecule has 0 spiro atoms. The molecule has 0 unspecified atom stereocenters. The number of aromatic carboxylic acids is 1. The molecule has 0 fully saturated rings. The molecule has 0 heterocycles. The van der Waals surface area contributed by atoms with Crippen LogP contribution in [0.25, 0.3) is 0 Å². The summed E-state index contributed by atoms with van der Waals surface area (Å²) in [5.41, 5.74) is 1.40. The summed E-state index contributed by atoms with van der Waals surface area (Å²) in [6.07, 6.45) is 0. The average Bonchev–Trinajstić information content (AvgIpc) is 2.48. The van der Waals surface area contributed by atoms with Crippen molar-refractivity contribution in [1.82, 2.24) is 0 Å². The summed E-state index contributed by atoms with van der Waals surface area (Å²) >= 11 is 0. The van der Waals surface area contributed by atoms with E-state index in [1.807, 2.05) is 19.1 Å². The highest BCUT2D eigenvalue weighted by Gasteiger charge is 2.14. The summed E-state index contributed by atoms with van der Waals surface area (Å²) < 4.78 is 5.37. The lowest BCUT2D eigenvalue weighted by molar-refractivity contribution is -0.118. The highest BCUT2D eigenvalue weighted by Crippen LogP contribution is 2.26. The number of benzene rings is 2. The van der Waals surface area contributed by atoms with E-state index in [4.69, 9.17) is 9.84 Å². The Morgan fingerprint density at radius 2 is 1.91 bits per heavy atom. The van der Waals surface area contributed by atoms with E-state index in [0.29, 0.717) is 11.3 Å². The van der Waals surface area contributed by atoms with Gasteiger partial charge in [-0.25, -0.2) is 4.79 Å². The third-order valence-corrected chi connectivity index (χ3v) is 3.17. The molecule has 0 aliphatic heterocycles. The minimum absolute atomic E-state index is 0.203. The van der Waals surface area contributed by atoms with Crippen molar-refractivity contribution in [2.75, 3.05) is 11.9 Å².